The topological polar surface area (TPSA) is 8.17 Å². The van der Waals surface area contributed by atoms with Gasteiger partial charge in [-0.05, 0) is 99.4 Å². The third-order valence-electron chi connectivity index (χ3n) is 10.7. The maximum atomic E-state index is 2.45. The molecule has 0 bridgehead atoms. The normalized spacial score (nSPS) is 11.8. The van der Waals surface area contributed by atoms with Crippen LogP contribution in [0.2, 0.25) is 0 Å². The van der Waals surface area contributed by atoms with E-state index in [-0.39, 0.29) is 0 Å². The van der Waals surface area contributed by atoms with Crippen LogP contribution in [-0.4, -0.2) is 4.57 Å². The number of rotatable bonds is 5. The van der Waals surface area contributed by atoms with E-state index in [1.165, 1.54) is 74.6 Å². The zero-order chi connectivity index (χ0) is 34.9. The van der Waals surface area contributed by atoms with Crippen LogP contribution in [0.25, 0.3) is 80.3 Å². The predicted octanol–water partition coefficient (Wildman–Crippen LogP) is 14.6. The van der Waals surface area contributed by atoms with E-state index in [4.69, 9.17) is 0 Å². The van der Waals surface area contributed by atoms with Gasteiger partial charge in [0.1, 0.15) is 0 Å². The summed E-state index contributed by atoms with van der Waals surface area (Å²) >= 11 is 1.88. The van der Waals surface area contributed by atoms with Gasteiger partial charge < -0.3 is 9.47 Å². The lowest BCUT2D eigenvalue weighted by Gasteiger charge is -2.27. The van der Waals surface area contributed by atoms with E-state index in [0.717, 1.165) is 22.7 Å². The number of aromatic nitrogens is 1. The quantitative estimate of drug-likeness (QED) is 0.174. The summed E-state index contributed by atoms with van der Waals surface area (Å²) in [7, 11) is 0. The van der Waals surface area contributed by atoms with E-state index in [0.29, 0.717) is 0 Å². The number of nitrogens with zero attached hydrogens (tertiary/aromatic N) is 2. The molecule has 9 aromatic carbocycles. The molecule has 0 radical (unpaired) electrons. The highest BCUT2D eigenvalue weighted by Gasteiger charge is 2.20. The largest absolute Gasteiger partial charge is 0.310 e. The Morgan fingerprint density at radius 1 is 0.358 bits per heavy atom. The van der Waals surface area contributed by atoms with E-state index in [2.05, 4.69) is 204 Å². The fourth-order valence-electron chi connectivity index (χ4n) is 8.27. The second-order valence-corrected chi connectivity index (χ2v) is 14.9. The molecular formula is C50H32N2S. The van der Waals surface area contributed by atoms with Crippen molar-refractivity contribution in [2.24, 2.45) is 0 Å². The fraction of sp³-hybridized carbons (Fsp3) is 0. The Bertz CT molecular complexity index is 3170. The highest BCUT2D eigenvalue weighted by molar-refractivity contribution is 7.25. The van der Waals surface area contributed by atoms with Gasteiger partial charge in [0, 0.05) is 53.7 Å². The van der Waals surface area contributed by atoms with Crippen LogP contribution in [0, 0.1) is 0 Å². The summed E-state index contributed by atoms with van der Waals surface area (Å²) in [6.07, 6.45) is 0. The number of benzene rings is 9. The van der Waals surface area contributed by atoms with Crippen molar-refractivity contribution in [3.05, 3.63) is 194 Å². The predicted molar refractivity (Wildman–Crippen MR) is 229 cm³/mol. The molecule has 0 aliphatic carbocycles. The Kier molecular flexibility index (Phi) is 6.76. The van der Waals surface area contributed by atoms with Crippen LogP contribution >= 0.6 is 11.3 Å². The zero-order valence-corrected chi connectivity index (χ0v) is 29.6. The van der Waals surface area contributed by atoms with E-state index in [1.807, 2.05) is 11.3 Å². The molecule has 248 valence electrons. The molecule has 11 aromatic rings. The molecule has 0 saturated heterocycles. The second kappa shape index (κ2) is 11.9. The number of para-hydroxylation sites is 2. The van der Waals surface area contributed by atoms with Crippen molar-refractivity contribution in [2.45, 2.75) is 0 Å². The third-order valence-corrected chi connectivity index (χ3v) is 11.8. The van der Waals surface area contributed by atoms with Gasteiger partial charge in [-0.25, -0.2) is 0 Å². The van der Waals surface area contributed by atoms with Crippen molar-refractivity contribution in [2.75, 3.05) is 4.90 Å². The number of fused-ring (bicyclic) bond motifs is 8. The van der Waals surface area contributed by atoms with Crippen molar-refractivity contribution in [1.82, 2.24) is 4.57 Å². The van der Waals surface area contributed by atoms with Crippen molar-refractivity contribution in [3.63, 3.8) is 0 Å². The molecule has 3 heteroatoms. The summed E-state index contributed by atoms with van der Waals surface area (Å²) in [5.41, 5.74) is 9.32. The Morgan fingerprint density at radius 2 is 0.962 bits per heavy atom. The average molecular weight is 693 g/mol. The average Bonchev–Trinajstić information content (AvgIpc) is 3.74. The molecule has 11 rings (SSSR count). The van der Waals surface area contributed by atoms with Gasteiger partial charge in [0.25, 0.3) is 0 Å². The first-order valence-corrected chi connectivity index (χ1v) is 18.9. The fourth-order valence-corrected chi connectivity index (χ4v) is 9.44. The van der Waals surface area contributed by atoms with E-state index < -0.39 is 0 Å². The van der Waals surface area contributed by atoms with Crippen molar-refractivity contribution in [3.8, 4) is 16.8 Å². The minimum absolute atomic E-state index is 1.11. The SMILES string of the molecule is c1ccc(-c2cc(N(c3ccc4c(c3)sc3cc5ccccc5cc34)c3ccc4c5ccccc5n(-c5ccccc5)c4c3)cc3ccccc23)cc1. The monoisotopic (exact) mass is 692 g/mol. The van der Waals surface area contributed by atoms with Gasteiger partial charge in [-0.1, -0.05) is 127 Å². The second-order valence-electron chi connectivity index (χ2n) is 13.8. The van der Waals surface area contributed by atoms with Crippen LogP contribution in [0.1, 0.15) is 0 Å². The lowest BCUT2D eigenvalue weighted by atomic mass is 9.96. The molecule has 0 amide bonds. The minimum atomic E-state index is 1.11. The lowest BCUT2D eigenvalue weighted by molar-refractivity contribution is 1.18. The third kappa shape index (κ3) is 4.86. The molecule has 0 unspecified atom stereocenters. The molecule has 0 aliphatic heterocycles. The summed E-state index contributed by atoms with van der Waals surface area (Å²) in [5, 5.41) is 10.1. The van der Waals surface area contributed by atoms with Crippen LogP contribution < -0.4 is 4.90 Å². The van der Waals surface area contributed by atoms with Gasteiger partial charge in [0.15, 0.2) is 0 Å². The van der Waals surface area contributed by atoms with Gasteiger partial charge in [0.05, 0.1) is 11.0 Å². The zero-order valence-electron chi connectivity index (χ0n) is 28.8. The minimum Gasteiger partial charge on any atom is -0.310 e. The molecule has 2 aromatic heterocycles. The molecule has 0 spiro atoms. The van der Waals surface area contributed by atoms with Gasteiger partial charge in [-0.3, -0.25) is 0 Å². The maximum absolute atomic E-state index is 2.45. The smallest absolute Gasteiger partial charge is 0.0561 e. The van der Waals surface area contributed by atoms with Crippen molar-refractivity contribution < 1.29 is 0 Å². The van der Waals surface area contributed by atoms with E-state index in [9.17, 15) is 0 Å². The highest BCUT2D eigenvalue weighted by atomic mass is 32.1. The van der Waals surface area contributed by atoms with Crippen LogP contribution in [0.3, 0.4) is 0 Å². The van der Waals surface area contributed by atoms with Gasteiger partial charge in [-0.15, -0.1) is 11.3 Å². The Labute approximate surface area is 311 Å². The maximum Gasteiger partial charge on any atom is 0.0561 e. The van der Waals surface area contributed by atoms with Gasteiger partial charge in [-0.2, -0.15) is 0 Å². The number of thiophene rings is 1. The first-order valence-electron chi connectivity index (χ1n) is 18.1. The standard InChI is InChI=1S/C50H32N2S/c1-3-13-33(14-4-1)45-30-40(27-36-17-9-10-20-41(36)45)51(39-24-26-44-46-28-34-15-7-8-16-35(34)29-49(46)53-50(44)32-39)38-23-25-43-42-21-11-12-22-47(42)52(48(43)31-38)37-18-5-2-6-19-37/h1-32H. The molecule has 53 heavy (non-hydrogen) atoms. The van der Waals surface area contributed by atoms with Crippen LogP contribution in [0.5, 0.6) is 0 Å². The summed E-state index contributed by atoms with van der Waals surface area (Å²) < 4.78 is 5.00. The van der Waals surface area contributed by atoms with Gasteiger partial charge >= 0.3 is 0 Å². The molecule has 0 aliphatic rings. The number of hydrogen-bond donors (Lipinski definition) is 0. The molecule has 2 heterocycles. The Morgan fingerprint density at radius 3 is 1.77 bits per heavy atom. The van der Waals surface area contributed by atoms with E-state index >= 15 is 0 Å². The molecular weight excluding hydrogens is 661 g/mol. The highest BCUT2D eigenvalue weighted by Crippen LogP contribution is 2.45. The van der Waals surface area contributed by atoms with Crippen LogP contribution in [0.15, 0.2) is 194 Å². The Hall–Kier alpha value is -6.68. The van der Waals surface area contributed by atoms with Crippen molar-refractivity contribution >= 4 is 91.9 Å². The summed E-state index contributed by atoms with van der Waals surface area (Å²) in [6.45, 7) is 0. The molecule has 0 N–H and O–H groups in total. The summed E-state index contributed by atoms with van der Waals surface area (Å²) in [4.78, 5) is 2.45. The summed E-state index contributed by atoms with van der Waals surface area (Å²) in [6, 6.07) is 71.1. The number of hydrogen-bond acceptors (Lipinski definition) is 2. The van der Waals surface area contributed by atoms with E-state index in [1.54, 1.807) is 0 Å². The van der Waals surface area contributed by atoms with Crippen molar-refractivity contribution in [1.29, 1.82) is 0 Å². The molecule has 0 fully saturated rings. The van der Waals surface area contributed by atoms with Crippen LogP contribution in [-0.2, 0) is 0 Å². The Balaban J connectivity index is 1.19. The number of anilines is 3. The van der Waals surface area contributed by atoms with Gasteiger partial charge in [0.2, 0.25) is 0 Å². The molecule has 2 nitrogen and oxygen atoms in total. The lowest BCUT2D eigenvalue weighted by Crippen LogP contribution is -2.10. The first kappa shape index (κ1) is 30.0. The molecule has 0 saturated carbocycles. The summed E-state index contributed by atoms with van der Waals surface area (Å²) in [5.74, 6) is 0. The first-order chi connectivity index (χ1) is 26.3. The molecule has 0 atom stereocenters. The van der Waals surface area contributed by atoms with Crippen LogP contribution in [0.4, 0.5) is 17.1 Å².